The molecule has 1 aliphatic rings. The molecule has 0 radical (unpaired) electrons. The van der Waals surface area contributed by atoms with Gasteiger partial charge in [0.15, 0.2) is 5.82 Å². The lowest BCUT2D eigenvalue weighted by Gasteiger charge is -2.13. The van der Waals surface area contributed by atoms with Gasteiger partial charge in [0.05, 0.1) is 11.0 Å². The highest BCUT2D eigenvalue weighted by Crippen LogP contribution is 2.22. The third kappa shape index (κ3) is 1.56. The average molecular weight is 242 g/mol. The number of carbonyl (C=O) groups is 1. The van der Waals surface area contributed by atoms with Gasteiger partial charge in [-0.1, -0.05) is 15.9 Å². The predicted molar refractivity (Wildman–Crippen MR) is 51.7 cm³/mol. The van der Waals surface area contributed by atoms with E-state index in [-0.39, 0.29) is 10.7 Å². The molecule has 4 nitrogen and oxygen atoms in total. The second-order valence-electron chi connectivity index (χ2n) is 2.81. The number of halogens is 1. The Kier molecular flexibility index (Phi) is 2.26. The fraction of sp³-hybridized carbons (Fsp3) is 0.375. The molecule has 0 N–H and O–H groups in total. The first kappa shape index (κ1) is 8.62. The fourth-order valence-electron chi connectivity index (χ4n) is 1.30. The summed E-state index contributed by atoms with van der Waals surface area (Å²) < 4.78 is 0. The number of rotatable bonds is 1. The third-order valence-electron chi connectivity index (χ3n) is 1.97. The number of hydrogen-bond acceptors (Lipinski definition) is 3. The number of amides is 1. The highest BCUT2D eigenvalue weighted by atomic mass is 79.9. The maximum atomic E-state index is 11.5. The smallest absolute Gasteiger partial charge is 0.242 e. The number of nitrogens with zero attached hydrogens (tertiary/aromatic N) is 3. The van der Waals surface area contributed by atoms with Crippen LogP contribution in [-0.4, -0.2) is 27.2 Å². The van der Waals surface area contributed by atoms with Crippen LogP contribution in [0.25, 0.3) is 0 Å². The lowest BCUT2D eigenvalue weighted by Crippen LogP contribution is -2.27. The van der Waals surface area contributed by atoms with Crippen LogP contribution in [0.4, 0.5) is 5.82 Å². The number of hydrogen-bond donors (Lipinski definition) is 0. The Balaban J connectivity index is 2.24. The summed E-state index contributed by atoms with van der Waals surface area (Å²) in [5, 5.41) is 0. The lowest BCUT2D eigenvalue weighted by molar-refractivity contribution is -0.116. The van der Waals surface area contributed by atoms with Gasteiger partial charge >= 0.3 is 0 Å². The molecular weight excluding hydrogens is 234 g/mol. The molecule has 1 fully saturated rings. The minimum Gasteiger partial charge on any atom is -0.295 e. The Hall–Kier alpha value is -0.970. The Morgan fingerprint density at radius 3 is 2.92 bits per heavy atom. The summed E-state index contributed by atoms with van der Waals surface area (Å²) in [5.74, 6) is 0.704. The molecule has 0 bridgehead atoms. The zero-order valence-electron chi connectivity index (χ0n) is 6.85. The van der Waals surface area contributed by atoms with E-state index in [1.807, 2.05) is 0 Å². The van der Waals surface area contributed by atoms with Gasteiger partial charge in [-0.2, -0.15) is 0 Å². The lowest BCUT2D eigenvalue weighted by atomic mass is 10.4. The van der Waals surface area contributed by atoms with Gasteiger partial charge in [0.25, 0.3) is 0 Å². The first-order valence-electron chi connectivity index (χ1n) is 4.00. The summed E-state index contributed by atoms with van der Waals surface area (Å²) in [6.45, 7) is 0.716. The summed E-state index contributed by atoms with van der Waals surface area (Å²) in [6, 6.07) is 0. The predicted octanol–water partition coefficient (Wildman–Crippen LogP) is 0.977. The van der Waals surface area contributed by atoms with Crippen molar-refractivity contribution in [3.63, 3.8) is 0 Å². The average Bonchev–Trinajstić information content (AvgIpc) is 2.49. The molecule has 0 unspecified atom stereocenters. The number of anilines is 1. The normalized spacial score (nSPS) is 22.4. The zero-order valence-corrected chi connectivity index (χ0v) is 8.44. The molecule has 2 rings (SSSR count). The Bertz CT molecular complexity index is 316. The van der Waals surface area contributed by atoms with Crippen molar-refractivity contribution >= 4 is 27.7 Å². The molecule has 5 heteroatoms. The molecule has 1 aliphatic heterocycles. The van der Waals surface area contributed by atoms with Crippen LogP contribution in [0.1, 0.15) is 6.42 Å². The molecular formula is C8H8BrN3O. The quantitative estimate of drug-likeness (QED) is 0.689. The largest absolute Gasteiger partial charge is 0.295 e. The highest BCUT2D eigenvalue weighted by molar-refractivity contribution is 9.10. The second-order valence-corrected chi connectivity index (χ2v) is 3.92. The maximum absolute atomic E-state index is 11.5. The van der Waals surface area contributed by atoms with E-state index >= 15 is 0 Å². The molecule has 1 atom stereocenters. The van der Waals surface area contributed by atoms with Crippen LogP contribution in [0.15, 0.2) is 18.6 Å². The van der Waals surface area contributed by atoms with Crippen molar-refractivity contribution in [3.05, 3.63) is 18.6 Å². The van der Waals surface area contributed by atoms with Gasteiger partial charge < -0.3 is 0 Å². The van der Waals surface area contributed by atoms with Gasteiger partial charge in [0.2, 0.25) is 5.91 Å². The van der Waals surface area contributed by atoms with Gasteiger partial charge in [-0.05, 0) is 6.42 Å². The van der Waals surface area contributed by atoms with Crippen LogP contribution >= 0.6 is 15.9 Å². The van der Waals surface area contributed by atoms with E-state index in [1.165, 1.54) is 0 Å². The highest BCUT2D eigenvalue weighted by Gasteiger charge is 2.30. The van der Waals surface area contributed by atoms with Crippen LogP contribution in [-0.2, 0) is 4.79 Å². The molecule has 0 spiro atoms. The molecule has 1 aromatic heterocycles. The van der Waals surface area contributed by atoms with E-state index in [1.54, 1.807) is 23.5 Å². The number of aromatic nitrogens is 2. The fourth-order valence-corrected chi connectivity index (χ4v) is 1.76. The molecule has 0 aliphatic carbocycles. The van der Waals surface area contributed by atoms with E-state index < -0.39 is 0 Å². The van der Waals surface area contributed by atoms with Gasteiger partial charge in [0.1, 0.15) is 0 Å². The molecule has 0 aromatic carbocycles. The minimum absolute atomic E-state index is 0.0606. The van der Waals surface area contributed by atoms with E-state index in [2.05, 4.69) is 25.9 Å². The molecule has 68 valence electrons. The van der Waals surface area contributed by atoms with Crippen LogP contribution in [0.5, 0.6) is 0 Å². The van der Waals surface area contributed by atoms with E-state index in [9.17, 15) is 4.79 Å². The first-order chi connectivity index (χ1) is 6.29. The van der Waals surface area contributed by atoms with Crippen LogP contribution in [0.2, 0.25) is 0 Å². The topological polar surface area (TPSA) is 46.1 Å². The molecule has 2 heterocycles. The van der Waals surface area contributed by atoms with Crippen molar-refractivity contribution in [2.24, 2.45) is 0 Å². The SMILES string of the molecule is O=C1[C@H](Br)CCN1c1cnccn1. The van der Waals surface area contributed by atoms with Gasteiger partial charge in [0, 0.05) is 18.9 Å². The summed E-state index contributed by atoms with van der Waals surface area (Å²) in [4.78, 5) is 21.1. The standard InChI is InChI=1S/C8H8BrN3O/c9-6-1-4-12(8(6)13)7-5-10-2-3-11-7/h2-3,5-6H,1,4H2/t6-/m1/s1. The summed E-state index contributed by atoms with van der Waals surface area (Å²) in [5.41, 5.74) is 0. The molecule has 13 heavy (non-hydrogen) atoms. The third-order valence-corrected chi connectivity index (χ3v) is 2.82. The van der Waals surface area contributed by atoms with Gasteiger partial charge in [-0.25, -0.2) is 4.98 Å². The van der Waals surface area contributed by atoms with Crippen molar-refractivity contribution in [2.75, 3.05) is 11.4 Å². The summed E-state index contributed by atoms with van der Waals surface area (Å²) >= 11 is 3.30. The maximum Gasteiger partial charge on any atom is 0.242 e. The van der Waals surface area contributed by atoms with Crippen LogP contribution < -0.4 is 4.90 Å². The monoisotopic (exact) mass is 241 g/mol. The van der Waals surface area contributed by atoms with E-state index in [4.69, 9.17) is 0 Å². The molecule has 1 saturated heterocycles. The van der Waals surface area contributed by atoms with Crippen molar-refractivity contribution in [1.82, 2.24) is 9.97 Å². The van der Waals surface area contributed by atoms with E-state index in [0.29, 0.717) is 12.4 Å². The summed E-state index contributed by atoms with van der Waals surface area (Å²) in [7, 11) is 0. The summed E-state index contributed by atoms with van der Waals surface area (Å²) in [6.07, 6.45) is 5.61. The molecule has 1 aromatic rings. The van der Waals surface area contributed by atoms with Gasteiger partial charge in [-0.3, -0.25) is 14.7 Å². The zero-order chi connectivity index (χ0) is 9.26. The second kappa shape index (κ2) is 3.41. The first-order valence-corrected chi connectivity index (χ1v) is 4.92. The van der Waals surface area contributed by atoms with Crippen LogP contribution in [0, 0.1) is 0 Å². The van der Waals surface area contributed by atoms with Crippen molar-refractivity contribution in [1.29, 1.82) is 0 Å². The van der Waals surface area contributed by atoms with E-state index in [0.717, 1.165) is 6.42 Å². The van der Waals surface area contributed by atoms with Crippen molar-refractivity contribution in [3.8, 4) is 0 Å². The van der Waals surface area contributed by atoms with Crippen molar-refractivity contribution in [2.45, 2.75) is 11.2 Å². The van der Waals surface area contributed by atoms with Crippen molar-refractivity contribution < 1.29 is 4.79 Å². The Labute approximate surface area is 84.1 Å². The molecule has 0 saturated carbocycles. The Morgan fingerprint density at radius 2 is 2.38 bits per heavy atom. The number of alkyl halides is 1. The number of carbonyl (C=O) groups excluding carboxylic acids is 1. The van der Waals surface area contributed by atoms with Crippen LogP contribution in [0.3, 0.4) is 0 Å². The minimum atomic E-state index is -0.0606. The van der Waals surface area contributed by atoms with Gasteiger partial charge in [-0.15, -0.1) is 0 Å². The Morgan fingerprint density at radius 1 is 1.54 bits per heavy atom. The molecule has 1 amide bonds.